The molecule has 1 rings (SSSR count). The van der Waals surface area contributed by atoms with E-state index in [4.69, 9.17) is 4.74 Å². The fourth-order valence-electron chi connectivity index (χ4n) is 0.476. The van der Waals surface area contributed by atoms with E-state index in [0.717, 1.165) is 0 Å². The Morgan fingerprint density at radius 2 is 2.43 bits per heavy atom. The monoisotopic (exact) mass is 100 g/mol. The molecule has 1 heterocycles. The molecule has 1 nitrogen and oxygen atoms in total. The topological polar surface area (TPSA) is 9.23 Å². The number of ether oxygens (including phenoxy) is 1. The van der Waals surface area contributed by atoms with Crippen LogP contribution in [0.25, 0.3) is 0 Å². The van der Waals surface area contributed by atoms with Crippen molar-refractivity contribution in [1.29, 1.82) is 0 Å². The number of rotatable bonds is 0. The Kier molecular flexibility index (Phi) is 1.05. The molecule has 0 bridgehead atoms. The van der Waals surface area contributed by atoms with Gasteiger partial charge in [-0.2, -0.15) is 0 Å². The Hall–Kier alpha value is -0.465. The van der Waals surface area contributed by atoms with Gasteiger partial charge in [0.2, 0.25) is 0 Å². The molecular formula is C4H6BFO. The van der Waals surface area contributed by atoms with Crippen molar-refractivity contribution in [2.24, 2.45) is 0 Å². The van der Waals surface area contributed by atoms with Gasteiger partial charge in [0.25, 0.3) is 0 Å². The van der Waals surface area contributed by atoms with Gasteiger partial charge in [-0.3, -0.25) is 0 Å². The first kappa shape index (κ1) is 4.69. The summed E-state index contributed by atoms with van der Waals surface area (Å²) in [5.41, 5.74) is 0. The van der Waals surface area contributed by atoms with Crippen molar-refractivity contribution in [1.82, 2.24) is 0 Å². The lowest BCUT2D eigenvalue weighted by Gasteiger charge is -2.02. The van der Waals surface area contributed by atoms with E-state index in [0.29, 0.717) is 0 Å². The van der Waals surface area contributed by atoms with Gasteiger partial charge in [-0.25, -0.2) is 4.39 Å². The van der Waals surface area contributed by atoms with Crippen LogP contribution in [0.4, 0.5) is 4.39 Å². The maximum absolute atomic E-state index is 12.1. The molecule has 0 radical (unpaired) electrons. The first-order valence-electron chi connectivity index (χ1n) is 2.27. The lowest BCUT2D eigenvalue weighted by atomic mass is 9.97. The third-order valence-electron chi connectivity index (χ3n) is 1.00. The Labute approximate surface area is 42.6 Å². The SMILES string of the molecule is BC1OC=CC1F. The van der Waals surface area contributed by atoms with E-state index in [1.54, 1.807) is 7.85 Å². The zero-order valence-corrected chi connectivity index (χ0v) is 4.10. The summed E-state index contributed by atoms with van der Waals surface area (Å²) in [6, 6.07) is -0.264. The molecule has 0 aromatic rings. The molecule has 3 heteroatoms. The predicted molar refractivity (Wildman–Crippen MR) is 27.5 cm³/mol. The molecule has 0 fully saturated rings. The lowest BCUT2D eigenvalue weighted by Crippen LogP contribution is -2.16. The van der Waals surface area contributed by atoms with Crippen LogP contribution >= 0.6 is 0 Å². The Balaban J connectivity index is 2.45. The summed E-state index contributed by atoms with van der Waals surface area (Å²) < 4.78 is 16.8. The van der Waals surface area contributed by atoms with E-state index in [2.05, 4.69) is 0 Å². The van der Waals surface area contributed by atoms with E-state index in [9.17, 15) is 4.39 Å². The maximum Gasteiger partial charge on any atom is 0.159 e. The van der Waals surface area contributed by atoms with Crippen LogP contribution in [0.2, 0.25) is 0 Å². The normalized spacial score (nSPS) is 38.4. The average molecular weight is 99.9 g/mol. The summed E-state index contributed by atoms with van der Waals surface area (Å²) in [5, 5.41) is 0. The summed E-state index contributed by atoms with van der Waals surface area (Å²) in [6.45, 7) is 0. The highest BCUT2D eigenvalue weighted by atomic mass is 19.1. The van der Waals surface area contributed by atoms with E-state index in [-0.39, 0.29) is 6.00 Å². The highest BCUT2D eigenvalue weighted by Crippen LogP contribution is 2.09. The number of alkyl halides is 1. The zero-order chi connectivity index (χ0) is 5.28. The van der Waals surface area contributed by atoms with Gasteiger partial charge < -0.3 is 4.74 Å². The molecule has 2 atom stereocenters. The molecule has 0 aliphatic carbocycles. The quantitative estimate of drug-likeness (QED) is 0.384. The van der Waals surface area contributed by atoms with Gasteiger partial charge in [-0.05, 0) is 6.08 Å². The van der Waals surface area contributed by atoms with Crippen LogP contribution in [0, 0.1) is 0 Å². The van der Waals surface area contributed by atoms with Gasteiger partial charge >= 0.3 is 0 Å². The minimum Gasteiger partial charge on any atom is -0.504 e. The van der Waals surface area contributed by atoms with Gasteiger partial charge in [-0.15, -0.1) is 0 Å². The zero-order valence-electron chi connectivity index (χ0n) is 4.10. The van der Waals surface area contributed by atoms with Crippen LogP contribution in [0.15, 0.2) is 12.3 Å². The highest BCUT2D eigenvalue weighted by Gasteiger charge is 2.17. The minimum absolute atomic E-state index is 0.264. The summed E-state index contributed by atoms with van der Waals surface area (Å²) in [4.78, 5) is 0. The molecule has 0 amide bonds. The molecule has 0 N–H and O–H groups in total. The van der Waals surface area contributed by atoms with Gasteiger partial charge in [0.15, 0.2) is 7.85 Å². The number of hydrogen-bond donors (Lipinski definition) is 0. The Morgan fingerprint density at radius 1 is 1.71 bits per heavy atom. The predicted octanol–water partition coefficient (Wildman–Crippen LogP) is -0.172. The van der Waals surface area contributed by atoms with Gasteiger partial charge in [0.05, 0.1) is 12.3 Å². The van der Waals surface area contributed by atoms with Crippen LogP contribution in [0.5, 0.6) is 0 Å². The van der Waals surface area contributed by atoms with E-state index >= 15 is 0 Å². The third kappa shape index (κ3) is 0.761. The van der Waals surface area contributed by atoms with Crippen molar-refractivity contribution in [2.75, 3.05) is 0 Å². The van der Waals surface area contributed by atoms with Crippen molar-refractivity contribution in [3.8, 4) is 0 Å². The van der Waals surface area contributed by atoms with Crippen molar-refractivity contribution in [2.45, 2.75) is 12.2 Å². The van der Waals surface area contributed by atoms with Crippen LogP contribution in [0.3, 0.4) is 0 Å². The number of halogens is 1. The smallest absolute Gasteiger partial charge is 0.159 e. The van der Waals surface area contributed by atoms with Crippen LogP contribution in [-0.4, -0.2) is 20.0 Å². The average Bonchev–Trinajstić information content (AvgIpc) is 1.91. The molecule has 1 aliphatic heterocycles. The molecule has 1 aliphatic rings. The third-order valence-corrected chi connectivity index (χ3v) is 1.00. The number of hydrogen-bond acceptors (Lipinski definition) is 1. The second-order valence-corrected chi connectivity index (χ2v) is 1.61. The van der Waals surface area contributed by atoms with Crippen molar-refractivity contribution in [3.05, 3.63) is 12.3 Å². The first-order chi connectivity index (χ1) is 3.30. The molecular weight excluding hydrogens is 93.9 g/mol. The second-order valence-electron chi connectivity index (χ2n) is 1.61. The van der Waals surface area contributed by atoms with Gasteiger partial charge in [0, 0.05) is 0 Å². The van der Waals surface area contributed by atoms with Crippen molar-refractivity contribution >= 4 is 7.85 Å². The summed E-state index contributed by atoms with van der Waals surface area (Å²) in [7, 11) is 1.70. The highest BCUT2D eigenvalue weighted by molar-refractivity contribution is 6.11. The van der Waals surface area contributed by atoms with Crippen molar-refractivity contribution in [3.63, 3.8) is 0 Å². The second kappa shape index (κ2) is 1.56. The molecule has 0 saturated heterocycles. The van der Waals surface area contributed by atoms with Gasteiger partial charge in [-0.1, -0.05) is 0 Å². The van der Waals surface area contributed by atoms with Crippen LogP contribution in [-0.2, 0) is 4.74 Å². The molecule has 0 aromatic heterocycles. The fraction of sp³-hybridized carbons (Fsp3) is 0.500. The molecule has 7 heavy (non-hydrogen) atoms. The standard InChI is InChI=1S/C4H6BFO/c5-4-3(6)1-2-7-4/h1-4H,5H2. The first-order valence-corrected chi connectivity index (χ1v) is 2.27. The van der Waals surface area contributed by atoms with E-state index in [1.807, 2.05) is 0 Å². The van der Waals surface area contributed by atoms with Crippen LogP contribution < -0.4 is 0 Å². The van der Waals surface area contributed by atoms with E-state index in [1.165, 1.54) is 12.3 Å². The summed E-state index contributed by atoms with van der Waals surface area (Å²) in [6.07, 6.45) is 1.92. The van der Waals surface area contributed by atoms with Gasteiger partial charge in [0.1, 0.15) is 6.17 Å². The molecule has 0 aromatic carbocycles. The van der Waals surface area contributed by atoms with Crippen LogP contribution in [0.1, 0.15) is 0 Å². The molecule has 0 saturated carbocycles. The Morgan fingerprint density at radius 3 is 2.57 bits per heavy atom. The summed E-state index contributed by atoms with van der Waals surface area (Å²) in [5.74, 6) is 0. The Bertz CT molecular complexity index is 93.7. The van der Waals surface area contributed by atoms with E-state index < -0.39 is 6.17 Å². The fourth-order valence-corrected chi connectivity index (χ4v) is 0.476. The maximum atomic E-state index is 12.1. The molecule has 2 unspecified atom stereocenters. The molecule has 38 valence electrons. The molecule has 0 spiro atoms. The largest absolute Gasteiger partial charge is 0.504 e. The summed E-state index contributed by atoms with van der Waals surface area (Å²) >= 11 is 0. The van der Waals surface area contributed by atoms with Crippen molar-refractivity contribution < 1.29 is 9.13 Å². The minimum atomic E-state index is -0.889. The lowest BCUT2D eigenvalue weighted by molar-refractivity contribution is 0.180.